The lowest BCUT2D eigenvalue weighted by Gasteiger charge is -2.32. The summed E-state index contributed by atoms with van der Waals surface area (Å²) in [6, 6.07) is 7.54. The van der Waals surface area contributed by atoms with Gasteiger partial charge in [-0.1, -0.05) is 23.4 Å². The highest BCUT2D eigenvalue weighted by atomic mass is 35.5. The monoisotopic (exact) mass is 290 g/mol. The summed E-state index contributed by atoms with van der Waals surface area (Å²) >= 11 is 5.83. The van der Waals surface area contributed by atoms with E-state index in [-0.39, 0.29) is 18.3 Å². The van der Waals surface area contributed by atoms with Gasteiger partial charge in [0.2, 0.25) is 0 Å². The Bertz CT molecular complexity index is 510. The van der Waals surface area contributed by atoms with Crippen molar-refractivity contribution < 1.29 is 9.31 Å². The van der Waals surface area contributed by atoms with Gasteiger partial charge in [-0.2, -0.15) is 0 Å². The van der Waals surface area contributed by atoms with Gasteiger partial charge in [0.05, 0.1) is 11.2 Å². The summed E-state index contributed by atoms with van der Waals surface area (Å²) in [4.78, 5) is 0. The van der Waals surface area contributed by atoms with Crippen molar-refractivity contribution in [1.82, 2.24) is 0 Å². The summed E-state index contributed by atoms with van der Waals surface area (Å²) in [6.07, 6.45) is 1.53. The molecule has 1 saturated heterocycles. The van der Waals surface area contributed by atoms with E-state index in [9.17, 15) is 0 Å². The molecule has 0 N–H and O–H groups in total. The molecule has 0 bridgehead atoms. The van der Waals surface area contributed by atoms with Gasteiger partial charge < -0.3 is 9.31 Å². The van der Waals surface area contributed by atoms with Crippen molar-refractivity contribution in [3.8, 4) is 11.8 Å². The van der Waals surface area contributed by atoms with Crippen molar-refractivity contribution in [2.75, 3.05) is 0 Å². The van der Waals surface area contributed by atoms with E-state index in [4.69, 9.17) is 20.9 Å². The topological polar surface area (TPSA) is 18.5 Å². The lowest BCUT2D eigenvalue weighted by atomic mass is 9.83. The maximum Gasteiger partial charge on any atom is 0.458 e. The molecule has 1 heterocycles. The highest BCUT2D eigenvalue weighted by Crippen LogP contribution is 2.37. The fourth-order valence-electron chi connectivity index (χ4n) is 1.97. The van der Waals surface area contributed by atoms with Crippen LogP contribution in [0.4, 0.5) is 0 Å². The maximum atomic E-state index is 5.92. The van der Waals surface area contributed by atoms with Gasteiger partial charge in [-0.15, -0.1) is 0 Å². The minimum atomic E-state index is -0.263. The van der Waals surface area contributed by atoms with Crippen LogP contribution in [0.5, 0.6) is 0 Å². The van der Waals surface area contributed by atoms with Crippen molar-refractivity contribution in [1.29, 1.82) is 0 Å². The van der Waals surface area contributed by atoms with Crippen LogP contribution in [0.25, 0.3) is 0 Å². The van der Waals surface area contributed by atoms with Gasteiger partial charge in [-0.25, -0.2) is 0 Å². The number of hydrogen-bond acceptors (Lipinski definition) is 2. The SMILES string of the molecule is CC1(C)OB(CCC#Cc2ccc(Cl)cc2)OC1(C)C. The van der Waals surface area contributed by atoms with Crippen LogP contribution in [-0.4, -0.2) is 18.3 Å². The zero-order valence-electron chi connectivity index (χ0n) is 12.5. The first-order valence-corrected chi connectivity index (χ1v) is 7.28. The van der Waals surface area contributed by atoms with Gasteiger partial charge in [0, 0.05) is 17.0 Å². The first kappa shape index (κ1) is 15.4. The van der Waals surface area contributed by atoms with Crippen LogP contribution in [-0.2, 0) is 9.31 Å². The van der Waals surface area contributed by atoms with E-state index in [2.05, 4.69) is 39.5 Å². The van der Waals surface area contributed by atoms with Crippen molar-refractivity contribution >= 4 is 18.7 Å². The van der Waals surface area contributed by atoms with E-state index in [1.807, 2.05) is 24.3 Å². The molecule has 0 radical (unpaired) electrons. The van der Waals surface area contributed by atoms with Crippen LogP contribution in [0.1, 0.15) is 39.7 Å². The second-order valence-electron chi connectivity index (χ2n) is 6.03. The molecule has 0 spiro atoms. The molecule has 0 aromatic heterocycles. The molecule has 1 aliphatic heterocycles. The van der Waals surface area contributed by atoms with Gasteiger partial charge in [0.25, 0.3) is 0 Å². The predicted octanol–water partition coefficient (Wildman–Crippen LogP) is 4.17. The zero-order valence-corrected chi connectivity index (χ0v) is 13.3. The quantitative estimate of drug-likeness (QED) is 0.601. The maximum absolute atomic E-state index is 5.92. The third-order valence-electron chi connectivity index (χ3n) is 3.88. The summed E-state index contributed by atoms with van der Waals surface area (Å²) in [6.45, 7) is 8.25. The molecule has 2 nitrogen and oxygen atoms in total. The van der Waals surface area contributed by atoms with E-state index in [0.29, 0.717) is 0 Å². The van der Waals surface area contributed by atoms with Crippen LogP contribution < -0.4 is 0 Å². The molecule has 0 aliphatic carbocycles. The Morgan fingerprint density at radius 1 is 1.05 bits per heavy atom. The molecule has 106 valence electrons. The third kappa shape index (κ3) is 3.58. The van der Waals surface area contributed by atoms with Gasteiger partial charge in [-0.05, 0) is 58.3 Å². The molecule has 0 amide bonds. The average molecular weight is 291 g/mol. The molecule has 2 rings (SSSR count). The molecule has 0 atom stereocenters. The summed E-state index contributed by atoms with van der Waals surface area (Å²) < 4.78 is 11.8. The Labute approximate surface area is 126 Å². The average Bonchev–Trinajstić information content (AvgIpc) is 2.56. The van der Waals surface area contributed by atoms with E-state index < -0.39 is 0 Å². The predicted molar refractivity (Wildman–Crippen MR) is 83.8 cm³/mol. The van der Waals surface area contributed by atoms with Crippen molar-refractivity contribution in [3.63, 3.8) is 0 Å². The summed E-state index contributed by atoms with van der Waals surface area (Å²) in [5.41, 5.74) is 0.450. The fourth-order valence-corrected chi connectivity index (χ4v) is 2.10. The molecule has 20 heavy (non-hydrogen) atoms. The minimum Gasteiger partial charge on any atom is -0.403 e. The second kappa shape index (κ2) is 5.81. The van der Waals surface area contributed by atoms with Crippen molar-refractivity contribution in [3.05, 3.63) is 34.9 Å². The lowest BCUT2D eigenvalue weighted by Crippen LogP contribution is -2.41. The van der Waals surface area contributed by atoms with E-state index in [1.54, 1.807) is 0 Å². The smallest absolute Gasteiger partial charge is 0.403 e. The number of rotatable bonds is 2. The molecule has 1 fully saturated rings. The highest BCUT2D eigenvalue weighted by Gasteiger charge is 2.50. The Morgan fingerprint density at radius 3 is 2.15 bits per heavy atom. The Hall–Kier alpha value is -0.945. The minimum absolute atomic E-state index is 0.167. The zero-order chi connectivity index (χ0) is 14.8. The van der Waals surface area contributed by atoms with Gasteiger partial charge in [0.1, 0.15) is 0 Å². The Morgan fingerprint density at radius 2 is 1.60 bits per heavy atom. The molecular weight excluding hydrogens is 270 g/mol. The summed E-state index contributed by atoms with van der Waals surface area (Å²) in [7, 11) is -0.167. The van der Waals surface area contributed by atoms with Crippen LogP contribution in [0.2, 0.25) is 11.3 Å². The first-order valence-electron chi connectivity index (χ1n) is 6.90. The van der Waals surface area contributed by atoms with Gasteiger partial charge in [-0.3, -0.25) is 0 Å². The van der Waals surface area contributed by atoms with Crippen LogP contribution in [0.3, 0.4) is 0 Å². The van der Waals surface area contributed by atoms with Crippen LogP contribution in [0.15, 0.2) is 24.3 Å². The lowest BCUT2D eigenvalue weighted by molar-refractivity contribution is 0.00578. The Balaban J connectivity index is 1.85. The van der Waals surface area contributed by atoms with Crippen molar-refractivity contribution in [2.45, 2.75) is 51.6 Å². The first-order chi connectivity index (χ1) is 9.30. The Kier molecular flexibility index (Phi) is 4.49. The summed E-state index contributed by atoms with van der Waals surface area (Å²) in [5.74, 6) is 6.27. The number of halogens is 1. The van der Waals surface area contributed by atoms with E-state index in [0.717, 1.165) is 23.3 Å². The normalized spacial score (nSPS) is 19.6. The molecule has 1 aromatic carbocycles. The van der Waals surface area contributed by atoms with Gasteiger partial charge in [0.15, 0.2) is 0 Å². The highest BCUT2D eigenvalue weighted by molar-refractivity contribution is 6.45. The van der Waals surface area contributed by atoms with Gasteiger partial charge >= 0.3 is 7.12 Å². The fraction of sp³-hybridized carbons (Fsp3) is 0.500. The molecule has 0 unspecified atom stereocenters. The van der Waals surface area contributed by atoms with Crippen LogP contribution >= 0.6 is 11.6 Å². The van der Waals surface area contributed by atoms with Crippen LogP contribution in [0, 0.1) is 11.8 Å². The largest absolute Gasteiger partial charge is 0.458 e. The number of hydrogen-bond donors (Lipinski definition) is 0. The molecule has 0 saturated carbocycles. The number of benzene rings is 1. The third-order valence-corrected chi connectivity index (χ3v) is 4.14. The molecular formula is C16H20BClO2. The van der Waals surface area contributed by atoms with Crippen molar-refractivity contribution in [2.24, 2.45) is 0 Å². The summed E-state index contributed by atoms with van der Waals surface area (Å²) in [5, 5.41) is 0.729. The molecule has 1 aromatic rings. The van der Waals surface area contributed by atoms with E-state index >= 15 is 0 Å². The standard InChI is InChI=1S/C16H20BClO2/c1-15(2)16(3,4)20-17(19-15)12-6-5-7-13-8-10-14(18)11-9-13/h8-11H,6,12H2,1-4H3. The second-order valence-corrected chi connectivity index (χ2v) is 6.47. The molecule has 1 aliphatic rings. The van der Waals surface area contributed by atoms with E-state index in [1.165, 1.54) is 0 Å². The molecule has 4 heteroatoms.